The van der Waals surface area contributed by atoms with Crippen LogP contribution in [0.1, 0.15) is 36.3 Å². The van der Waals surface area contributed by atoms with Gasteiger partial charge < -0.3 is 15.5 Å². The van der Waals surface area contributed by atoms with E-state index in [1.165, 1.54) is 0 Å². The first-order valence-electron chi connectivity index (χ1n) is 8.47. The highest BCUT2D eigenvalue weighted by Gasteiger charge is 2.39. The second-order valence-electron chi connectivity index (χ2n) is 6.68. The number of hydrogen-bond donors (Lipinski definition) is 2. The Kier molecular flexibility index (Phi) is 3.66. The Hall–Kier alpha value is -3.33. The quantitative estimate of drug-likeness (QED) is 0.824. The third-order valence-electron chi connectivity index (χ3n) is 4.95. The molecule has 0 radical (unpaired) electrons. The van der Waals surface area contributed by atoms with E-state index >= 15 is 0 Å². The van der Waals surface area contributed by atoms with Crippen LogP contribution in [-0.2, 0) is 9.53 Å². The van der Waals surface area contributed by atoms with Gasteiger partial charge in [-0.25, -0.2) is 0 Å². The van der Waals surface area contributed by atoms with Gasteiger partial charge in [0.1, 0.15) is 17.4 Å². The third-order valence-corrected chi connectivity index (χ3v) is 4.95. The molecule has 1 atom stereocenters. The van der Waals surface area contributed by atoms with Crippen LogP contribution in [-0.4, -0.2) is 10.8 Å². The Labute approximate surface area is 149 Å². The molecule has 6 nitrogen and oxygen atoms in total. The normalized spacial score (nSPS) is 20.0. The number of carbonyl (C=O) groups is 1. The number of hydrogen-bond acceptors (Lipinski definition) is 5. The van der Waals surface area contributed by atoms with Gasteiger partial charge >= 0.3 is 0 Å². The highest BCUT2D eigenvalue weighted by Crippen LogP contribution is 2.42. The number of aromatic nitrogens is 1. The number of ketones is 1. The van der Waals surface area contributed by atoms with E-state index in [1.54, 1.807) is 6.07 Å². The van der Waals surface area contributed by atoms with Gasteiger partial charge in [0.25, 0.3) is 5.56 Å². The molecule has 1 aromatic carbocycles. The number of allylic oxidation sites excluding steroid dienone is 3. The maximum Gasteiger partial charge on any atom is 0.252 e. The lowest BCUT2D eigenvalue weighted by atomic mass is 9.78. The molecule has 2 aliphatic rings. The minimum atomic E-state index is -0.786. The van der Waals surface area contributed by atoms with Crippen molar-refractivity contribution in [2.24, 2.45) is 5.73 Å². The molecule has 0 bridgehead atoms. The molecular weight excluding hydrogens is 330 g/mol. The number of carbonyl (C=O) groups excluding carboxylic acids is 1. The molecule has 6 heteroatoms. The van der Waals surface area contributed by atoms with Crippen molar-refractivity contribution in [3.63, 3.8) is 0 Å². The number of nitriles is 1. The molecular formula is C20H17N3O3. The summed E-state index contributed by atoms with van der Waals surface area (Å²) in [6, 6.07) is 9.50. The summed E-state index contributed by atoms with van der Waals surface area (Å²) in [7, 11) is 0. The Morgan fingerprint density at radius 1 is 1.27 bits per heavy atom. The minimum Gasteiger partial charge on any atom is -0.444 e. The molecule has 0 unspecified atom stereocenters. The molecule has 0 fully saturated rings. The molecule has 1 aromatic heterocycles. The van der Waals surface area contributed by atoms with E-state index < -0.39 is 5.92 Å². The average Bonchev–Trinajstić information content (AvgIpc) is 2.60. The van der Waals surface area contributed by atoms with E-state index in [4.69, 9.17) is 10.5 Å². The van der Waals surface area contributed by atoms with Crippen LogP contribution in [0.15, 0.2) is 51.8 Å². The van der Waals surface area contributed by atoms with Gasteiger partial charge in [0.05, 0.1) is 5.92 Å². The minimum absolute atomic E-state index is 0.0330. The van der Waals surface area contributed by atoms with E-state index in [0.29, 0.717) is 41.7 Å². The smallest absolute Gasteiger partial charge is 0.252 e. The van der Waals surface area contributed by atoms with Crippen molar-refractivity contribution in [3.8, 4) is 6.07 Å². The van der Waals surface area contributed by atoms with Crippen molar-refractivity contribution in [3.05, 3.63) is 68.5 Å². The fraction of sp³-hybridized carbons (Fsp3) is 0.250. The summed E-state index contributed by atoms with van der Waals surface area (Å²) in [4.78, 5) is 28.2. The van der Waals surface area contributed by atoms with Crippen molar-refractivity contribution in [1.82, 2.24) is 4.98 Å². The molecule has 0 amide bonds. The number of nitrogens with two attached hydrogens (primary N) is 1. The molecule has 1 aliphatic carbocycles. The van der Waals surface area contributed by atoms with Gasteiger partial charge in [-0.05, 0) is 36.4 Å². The first-order chi connectivity index (χ1) is 12.5. The van der Waals surface area contributed by atoms with Crippen molar-refractivity contribution < 1.29 is 9.53 Å². The van der Waals surface area contributed by atoms with Gasteiger partial charge in [-0.3, -0.25) is 9.59 Å². The molecule has 3 N–H and O–H groups in total. The second kappa shape index (κ2) is 5.88. The van der Waals surface area contributed by atoms with Crippen LogP contribution in [0.3, 0.4) is 0 Å². The average molecular weight is 347 g/mol. The number of Topliss-reactive ketones (excluding diaryl/α,β-unsaturated/α-hetero) is 1. The first kappa shape index (κ1) is 16.2. The van der Waals surface area contributed by atoms with Gasteiger partial charge in [0, 0.05) is 29.5 Å². The van der Waals surface area contributed by atoms with E-state index in [1.807, 2.05) is 31.2 Å². The van der Waals surface area contributed by atoms with Crippen LogP contribution in [0, 0.1) is 18.3 Å². The van der Waals surface area contributed by atoms with Crippen molar-refractivity contribution in [2.45, 2.75) is 32.1 Å². The molecule has 2 aromatic rings. The summed E-state index contributed by atoms with van der Waals surface area (Å²) in [5.41, 5.74) is 8.17. The summed E-state index contributed by atoms with van der Waals surface area (Å²) < 4.78 is 5.54. The number of nitrogens with one attached hydrogen (secondary N) is 1. The van der Waals surface area contributed by atoms with Gasteiger partial charge in [-0.15, -0.1) is 0 Å². The number of fused-ring (bicyclic) bond motifs is 1. The number of H-pyrrole nitrogens is 1. The lowest BCUT2D eigenvalue weighted by Gasteiger charge is -2.30. The lowest BCUT2D eigenvalue weighted by molar-refractivity contribution is -0.116. The van der Waals surface area contributed by atoms with Crippen LogP contribution in [0.2, 0.25) is 0 Å². The van der Waals surface area contributed by atoms with Gasteiger partial charge in [0.2, 0.25) is 5.88 Å². The predicted molar refractivity (Wildman–Crippen MR) is 95.8 cm³/mol. The van der Waals surface area contributed by atoms with Crippen molar-refractivity contribution >= 4 is 16.7 Å². The predicted octanol–water partition coefficient (Wildman–Crippen LogP) is 2.65. The molecule has 0 saturated carbocycles. The zero-order chi connectivity index (χ0) is 18.4. The Morgan fingerprint density at radius 2 is 2.08 bits per heavy atom. The Bertz CT molecular complexity index is 1120. The zero-order valence-corrected chi connectivity index (χ0v) is 14.3. The monoisotopic (exact) mass is 347 g/mol. The Morgan fingerprint density at radius 3 is 2.85 bits per heavy atom. The maximum atomic E-state index is 12.8. The van der Waals surface area contributed by atoms with Gasteiger partial charge in [-0.1, -0.05) is 12.1 Å². The zero-order valence-electron chi connectivity index (χ0n) is 14.3. The number of nitrogens with zero attached hydrogens (tertiary/aromatic N) is 1. The number of pyridine rings is 1. The van der Waals surface area contributed by atoms with Crippen molar-refractivity contribution in [1.29, 1.82) is 5.26 Å². The molecule has 4 rings (SSSR count). The first-order valence-corrected chi connectivity index (χ1v) is 8.47. The largest absolute Gasteiger partial charge is 0.444 e. The lowest BCUT2D eigenvalue weighted by Crippen LogP contribution is -2.30. The number of benzene rings is 1. The van der Waals surface area contributed by atoms with Crippen LogP contribution in [0.25, 0.3) is 10.9 Å². The fourth-order valence-electron chi connectivity index (χ4n) is 3.71. The van der Waals surface area contributed by atoms with Crippen LogP contribution < -0.4 is 11.3 Å². The topological polar surface area (TPSA) is 109 Å². The third kappa shape index (κ3) is 2.40. The molecule has 0 spiro atoms. The molecule has 26 heavy (non-hydrogen) atoms. The molecule has 1 aliphatic heterocycles. The fourth-order valence-corrected chi connectivity index (χ4v) is 3.71. The molecule has 130 valence electrons. The van der Waals surface area contributed by atoms with Crippen LogP contribution in [0.5, 0.6) is 0 Å². The summed E-state index contributed by atoms with van der Waals surface area (Å²) in [5.74, 6) is -0.439. The molecule has 0 saturated heterocycles. The van der Waals surface area contributed by atoms with Crippen molar-refractivity contribution in [2.75, 3.05) is 0 Å². The van der Waals surface area contributed by atoms with Crippen LogP contribution in [0.4, 0.5) is 0 Å². The summed E-state index contributed by atoms with van der Waals surface area (Å²) in [5, 5.41) is 10.4. The highest BCUT2D eigenvalue weighted by atomic mass is 16.5. The van der Waals surface area contributed by atoms with Gasteiger partial charge in [-0.2, -0.15) is 5.26 Å². The Balaban J connectivity index is 1.99. The van der Waals surface area contributed by atoms with E-state index in [9.17, 15) is 14.9 Å². The van der Waals surface area contributed by atoms with Gasteiger partial charge in [0.15, 0.2) is 5.78 Å². The molecule has 2 heterocycles. The number of aromatic amines is 1. The SMILES string of the molecule is Cc1ccc2cc([C@@H]3C(C#N)=C(N)OC4=C3C(=O)CCC4)c(=O)[nH]c2c1. The summed E-state index contributed by atoms with van der Waals surface area (Å²) in [6.45, 7) is 1.94. The number of aryl methyl sites for hydroxylation is 1. The summed E-state index contributed by atoms with van der Waals surface area (Å²) >= 11 is 0. The maximum absolute atomic E-state index is 12.8. The van der Waals surface area contributed by atoms with E-state index in [2.05, 4.69) is 4.98 Å². The number of ether oxygens (including phenoxy) is 1. The number of rotatable bonds is 1. The van der Waals surface area contributed by atoms with Crippen LogP contribution >= 0.6 is 0 Å². The van der Waals surface area contributed by atoms with E-state index in [0.717, 1.165) is 10.9 Å². The standard InChI is InChI=1S/C20H17N3O3/c1-10-5-6-11-8-12(20(25)23-14(11)7-10)17-13(9-21)19(22)26-16-4-2-3-15(24)18(16)17/h5-8,17H,2-4,22H2,1H3,(H,23,25)/t17-/m1/s1. The second-order valence-corrected chi connectivity index (χ2v) is 6.68. The van der Waals surface area contributed by atoms with E-state index in [-0.39, 0.29) is 22.8 Å². The summed E-state index contributed by atoms with van der Waals surface area (Å²) in [6.07, 6.45) is 1.62. The highest BCUT2D eigenvalue weighted by molar-refractivity contribution is 5.99.